The van der Waals surface area contributed by atoms with E-state index in [9.17, 15) is 4.79 Å². The molecule has 0 radical (unpaired) electrons. The van der Waals surface area contributed by atoms with Crippen LogP contribution in [0.1, 0.15) is 11.6 Å². The van der Waals surface area contributed by atoms with Crippen LogP contribution in [0.25, 0.3) is 17.2 Å². The molecule has 3 N–H and O–H groups in total. The van der Waals surface area contributed by atoms with E-state index in [1.165, 1.54) is 0 Å². The number of amides is 1. The molecule has 0 atom stereocenters. The van der Waals surface area contributed by atoms with Gasteiger partial charge in [-0.05, 0) is 12.1 Å². The third kappa shape index (κ3) is 2.97. The number of nitrogens with zero attached hydrogens (tertiary/aromatic N) is 5. The van der Waals surface area contributed by atoms with Gasteiger partial charge in [-0.25, -0.2) is 14.6 Å². The maximum atomic E-state index is 11.4. The summed E-state index contributed by atoms with van der Waals surface area (Å²) in [6.07, 6.45) is 2.78. The van der Waals surface area contributed by atoms with Crippen LogP contribution in [0, 0.1) is 0 Å². The van der Waals surface area contributed by atoms with Gasteiger partial charge in [-0.2, -0.15) is 5.10 Å². The van der Waals surface area contributed by atoms with Crippen molar-refractivity contribution in [3.8, 4) is 28.7 Å². The summed E-state index contributed by atoms with van der Waals surface area (Å²) in [7, 11) is 0. The van der Waals surface area contributed by atoms with Crippen molar-refractivity contribution in [1.29, 1.82) is 0 Å². The van der Waals surface area contributed by atoms with Crippen LogP contribution in [0.2, 0.25) is 0 Å². The highest BCUT2D eigenvalue weighted by Crippen LogP contribution is 2.34. The largest absolute Gasteiger partial charge is 0.454 e. The Bertz CT molecular complexity index is 1030. The van der Waals surface area contributed by atoms with Gasteiger partial charge in [-0.15, -0.1) is 0 Å². The van der Waals surface area contributed by atoms with E-state index < -0.39 is 5.91 Å². The van der Waals surface area contributed by atoms with E-state index in [1.54, 1.807) is 4.68 Å². The summed E-state index contributed by atoms with van der Waals surface area (Å²) >= 11 is 0. The molecule has 144 valence electrons. The summed E-state index contributed by atoms with van der Waals surface area (Å²) in [6.45, 7) is 2.81. The number of carbonyl (C=O) groups is 1. The number of nitrogens with one attached hydrogen (secondary N) is 1. The van der Waals surface area contributed by atoms with Crippen molar-refractivity contribution in [3.05, 3.63) is 36.0 Å². The predicted octanol–water partition coefficient (Wildman–Crippen LogP) is 0.0330. The molecule has 4 heterocycles. The first-order valence-corrected chi connectivity index (χ1v) is 9.09. The number of rotatable bonds is 4. The summed E-state index contributed by atoms with van der Waals surface area (Å²) in [6, 6.07) is 5.52. The number of hydrogen-bond acceptors (Lipinski definition) is 7. The SMILES string of the molecule is NC(=O)Cc1nc(-c2cn3c(n2)CCNCC3)n(-c2ccc3c(c2)OCO3)n1. The summed E-state index contributed by atoms with van der Waals surface area (Å²) in [5.41, 5.74) is 6.79. The van der Waals surface area contributed by atoms with E-state index in [2.05, 4.69) is 20.0 Å². The molecule has 10 heteroatoms. The Labute approximate surface area is 160 Å². The number of ether oxygens (including phenoxy) is 2. The van der Waals surface area contributed by atoms with Crippen LogP contribution >= 0.6 is 0 Å². The second-order valence-electron chi connectivity index (χ2n) is 6.68. The quantitative estimate of drug-likeness (QED) is 0.654. The van der Waals surface area contributed by atoms with Gasteiger partial charge in [0.15, 0.2) is 23.1 Å². The maximum Gasteiger partial charge on any atom is 0.231 e. The molecule has 0 unspecified atom stereocenters. The van der Waals surface area contributed by atoms with Crippen LogP contribution in [0.4, 0.5) is 0 Å². The highest BCUT2D eigenvalue weighted by Gasteiger charge is 2.22. The molecule has 0 saturated heterocycles. The Balaban J connectivity index is 1.60. The van der Waals surface area contributed by atoms with Crippen LogP contribution in [-0.4, -0.2) is 50.1 Å². The molecule has 0 fully saturated rings. The molecule has 0 bridgehead atoms. The van der Waals surface area contributed by atoms with Gasteiger partial charge in [-0.1, -0.05) is 0 Å². The van der Waals surface area contributed by atoms with Crippen molar-refractivity contribution in [2.45, 2.75) is 19.4 Å². The highest BCUT2D eigenvalue weighted by molar-refractivity contribution is 5.75. The summed E-state index contributed by atoms with van der Waals surface area (Å²) in [5, 5.41) is 7.85. The van der Waals surface area contributed by atoms with Crippen molar-refractivity contribution >= 4 is 5.91 Å². The zero-order chi connectivity index (χ0) is 19.1. The van der Waals surface area contributed by atoms with Gasteiger partial charge in [0.05, 0.1) is 12.1 Å². The Kier molecular flexibility index (Phi) is 3.97. The number of benzene rings is 1. The van der Waals surface area contributed by atoms with E-state index in [1.807, 2.05) is 24.4 Å². The molecular weight excluding hydrogens is 362 g/mol. The lowest BCUT2D eigenvalue weighted by Gasteiger charge is -2.05. The maximum absolute atomic E-state index is 11.4. The van der Waals surface area contributed by atoms with E-state index in [0.29, 0.717) is 28.8 Å². The zero-order valence-electron chi connectivity index (χ0n) is 15.1. The number of aromatic nitrogens is 5. The molecule has 0 spiro atoms. The lowest BCUT2D eigenvalue weighted by atomic mass is 10.2. The smallest absolute Gasteiger partial charge is 0.231 e. The predicted molar refractivity (Wildman–Crippen MR) is 98.2 cm³/mol. The molecule has 5 rings (SSSR count). The Hall–Kier alpha value is -3.40. The molecule has 2 aromatic heterocycles. The summed E-state index contributed by atoms with van der Waals surface area (Å²) < 4.78 is 14.6. The normalized spacial score (nSPS) is 15.3. The third-order valence-electron chi connectivity index (χ3n) is 4.73. The molecule has 28 heavy (non-hydrogen) atoms. The van der Waals surface area contributed by atoms with Crippen molar-refractivity contribution in [1.82, 2.24) is 29.6 Å². The molecule has 10 nitrogen and oxygen atoms in total. The van der Waals surface area contributed by atoms with Crippen molar-refractivity contribution in [2.24, 2.45) is 5.73 Å². The van der Waals surface area contributed by atoms with Crippen molar-refractivity contribution in [2.75, 3.05) is 19.9 Å². The number of primary amides is 1. The minimum absolute atomic E-state index is 0.0396. The third-order valence-corrected chi connectivity index (χ3v) is 4.73. The van der Waals surface area contributed by atoms with Gasteiger partial charge in [0.2, 0.25) is 12.7 Å². The lowest BCUT2D eigenvalue weighted by molar-refractivity contribution is -0.117. The first kappa shape index (κ1) is 16.8. The molecular formula is C18H19N7O3. The molecule has 0 saturated carbocycles. The average molecular weight is 381 g/mol. The Morgan fingerprint density at radius 2 is 2.11 bits per heavy atom. The molecule has 3 aromatic rings. The fourth-order valence-corrected chi connectivity index (χ4v) is 3.43. The lowest BCUT2D eigenvalue weighted by Crippen LogP contribution is -2.17. The summed E-state index contributed by atoms with van der Waals surface area (Å²) in [4.78, 5) is 20.7. The Morgan fingerprint density at radius 3 is 3.00 bits per heavy atom. The van der Waals surface area contributed by atoms with E-state index in [4.69, 9.17) is 20.2 Å². The number of carbonyl (C=O) groups excluding carboxylic acids is 1. The molecule has 0 aliphatic carbocycles. The van der Waals surface area contributed by atoms with E-state index in [-0.39, 0.29) is 13.2 Å². The van der Waals surface area contributed by atoms with Gasteiger partial charge >= 0.3 is 0 Å². The second-order valence-corrected chi connectivity index (χ2v) is 6.68. The number of imidazole rings is 1. The monoisotopic (exact) mass is 381 g/mol. The first-order chi connectivity index (χ1) is 13.7. The minimum atomic E-state index is -0.485. The number of hydrogen-bond donors (Lipinski definition) is 2. The molecule has 1 amide bonds. The Morgan fingerprint density at radius 1 is 1.21 bits per heavy atom. The van der Waals surface area contributed by atoms with Crippen molar-refractivity contribution in [3.63, 3.8) is 0 Å². The fourth-order valence-electron chi connectivity index (χ4n) is 3.43. The first-order valence-electron chi connectivity index (χ1n) is 9.09. The topological polar surface area (TPSA) is 122 Å². The standard InChI is InChI=1S/C18H19N7O3/c19-15(26)8-16-22-18(12-9-24-6-5-20-4-3-17(24)21-12)25(23-16)11-1-2-13-14(7-11)28-10-27-13/h1-2,7,9,20H,3-6,8,10H2,(H2,19,26). The molecule has 2 aliphatic heterocycles. The minimum Gasteiger partial charge on any atom is -0.454 e. The fraction of sp³-hybridized carbons (Fsp3) is 0.333. The second kappa shape index (κ2) is 6.64. The average Bonchev–Trinajstić information content (AvgIpc) is 3.36. The van der Waals surface area contributed by atoms with Crippen LogP contribution in [0.5, 0.6) is 11.5 Å². The molecule has 2 aliphatic rings. The zero-order valence-corrected chi connectivity index (χ0v) is 15.1. The van der Waals surface area contributed by atoms with Gasteiger partial charge < -0.3 is 25.1 Å². The van der Waals surface area contributed by atoms with Gasteiger partial charge in [0.25, 0.3) is 0 Å². The summed E-state index contributed by atoms with van der Waals surface area (Å²) in [5.74, 6) is 2.75. The molecule has 1 aromatic carbocycles. The van der Waals surface area contributed by atoms with E-state index in [0.717, 1.165) is 37.6 Å². The van der Waals surface area contributed by atoms with Crippen LogP contribution in [0.3, 0.4) is 0 Å². The van der Waals surface area contributed by atoms with Crippen LogP contribution < -0.4 is 20.5 Å². The van der Waals surface area contributed by atoms with Crippen molar-refractivity contribution < 1.29 is 14.3 Å². The van der Waals surface area contributed by atoms with Crippen LogP contribution in [0.15, 0.2) is 24.4 Å². The van der Waals surface area contributed by atoms with Gasteiger partial charge in [0, 0.05) is 38.3 Å². The van der Waals surface area contributed by atoms with Gasteiger partial charge in [-0.3, -0.25) is 4.79 Å². The highest BCUT2D eigenvalue weighted by atomic mass is 16.7. The van der Waals surface area contributed by atoms with Crippen LogP contribution in [-0.2, 0) is 24.2 Å². The number of nitrogens with two attached hydrogens (primary N) is 1. The van der Waals surface area contributed by atoms with Gasteiger partial charge in [0.1, 0.15) is 11.5 Å². The van der Waals surface area contributed by atoms with E-state index >= 15 is 0 Å². The number of fused-ring (bicyclic) bond motifs is 2.